The van der Waals surface area contributed by atoms with Crippen molar-refractivity contribution in [2.75, 3.05) is 20.6 Å². The summed E-state index contributed by atoms with van der Waals surface area (Å²) in [5, 5.41) is 3.12. The van der Waals surface area contributed by atoms with Gasteiger partial charge in [0.1, 0.15) is 11.5 Å². The van der Waals surface area contributed by atoms with E-state index in [1.807, 2.05) is 7.05 Å². The second-order valence-corrected chi connectivity index (χ2v) is 5.49. The van der Waals surface area contributed by atoms with Crippen LogP contribution in [0.2, 0.25) is 0 Å². The van der Waals surface area contributed by atoms with Gasteiger partial charge in [0.25, 0.3) is 0 Å². The highest BCUT2D eigenvalue weighted by atomic mass is 16.3. The summed E-state index contributed by atoms with van der Waals surface area (Å²) in [5.41, 5.74) is 1.33. The molecule has 1 aromatic rings. The Bertz CT molecular complexity index is 372. The summed E-state index contributed by atoms with van der Waals surface area (Å²) < 4.78 is 5.71. The summed E-state index contributed by atoms with van der Waals surface area (Å²) in [6.07, 6.45) is 1.40. The van der Waals surface area contributed by atoms with Gasteiger partial charge in [0.15, 0.2) is 0 Å². The summed E-state index contributed by atoms with van der Waals surface area (Å²) in [6, 6.07) is 2.18. The molecule has 0 amide bonds. The molecule has 0 saturated heterocycles. The third-order valence-corrected chi connectivity index (χ3v) is 3.69. The van der Waals surface area contributed by atoms with E-state index >= 15 is 0 Å². The number of aryl methyl sites for hydroxylation is 1. The Balaban J connectivity index is 1.88. The minimum atomic E-state index is 0.810. The molecule has 0 radical (unpaired) electrons. The van der Waals surface area contributed by atoms with Gasteiger partial charge in [-0.3, -0.25) is 0 Å². The Hall–Kier alpha value is -0.800. The number of rotatable bonds is 6. The Morgan fingerprint density at radius 2 is 2.24 bits per heavy atom. The molecule has 17 heavy (non-hydrogen) atoms. The first kappa shape index (κ1) is 12.7. The van der Waals surface area contributed by atoms with Crippen molar-refractivity contribution in [3.05, 3.63) is 23.2 Å². The standard InChI is InChI=1S/C14H24N2O/c1-10-5-12(10)8-16(4)9-13-6-14(7-15-3)17-11(13)2/h6,10,12,15H,5,7-9H2,1-4H3. The molecule has 1 heterocycles. The predicted octanol–water partition coefficient (Wildman–Crippen LogP) is 2.40. The van der Waals surface area contributed by atoms with Crippen molar-refractivity contribution < 1.29 is 4.42 Å². The van der Waals surface area contributed by atoms with E-state index in [9.17, 15) is 0 Å². The average molecular weight is 236 g/mol. The van der Waals surface area contributed by atoms with Crippen LogP contribution in [-0.2, 0) is 13.1 Å². The van der Waals surface area contributed by atoms with E-state index in [4.69, 9.17) is 4.42 Å². The molecule has 1 saturated carbocycles. The van der Waals surface area contributed by atoms with Gasteiger partial charge in [-0.2, -0.15) is 0 Å². The van der Waals surface area contributed by atoms with E-state index in [1.165, 1.54) is 18.5 Å². The van der Waals surface area contributed by atoms with Gasteiger partial charge in [0.2, 0.25) is 0 Å². The smallest absolute Gasteiger partial charge is 0.118 e. The molecule has 3 heteroatoms. The van der Waals surface area contributed by atoms with Crippen LogP contribution in [0, 0.1) is 18.8 Å². The highest BCUT2D eigenvalue weighted by Gasteiger charge is 2.33. The molecule has 1 N–H and O–H groups in total. The summed E-state index contributed by atoms with van der Waals surface area (Å²) in [4.78, 5) is 2.41. The van der Waals surface area contributed by atoms with Crippen molar-refractivity contribution in [1.82, 2.24) is 10.2 Å². The van der Waals surface area contributed by atoms with Crippen LogP contribution in [0.4, 0.5) is 0 Å². The average Bonchev–Trinajstić information content (AvgIpc) is 2.81. The van der Waals surface area contributed by atoms with Gasteiger partial charge in [-0.1, -0.05) is 6.92 Å². The van der Waals surface area contributed by atoms with E-state index < -0.39 is 0 Å². The van der Waals surface area contributed by atoms with Crippen molar-refractivity contribution in [2.45, 2.75) is 33.4 Å². The van der Waals surface area contributed by atoms with Gasteiger partial charge in [-0.05, 0) is 45.3 Å². The SMILES string of the molecule is CNCc1cc(CN(C)CC2CC2C)c(C)o1. The number of hydrogen-bond acceptors (Lipinski definition) is 3. The fraction of sp³-hybridized carbons (Fsp3) is 0.714. The van der Waals surface area contributed by atoms with Crippen LogP contribution in [0.1, 0.15) is 30.4 Å². The molecule has 1 aromatic heterocycles. The first-order chi connectivity index (χ1) is 8.10. The zero-order chi connectivity index (χ0) is 12.4. The van der Waals surface area contributed by atoms with E-state index in [-0.39, 0.29) is 0 Å². The summed E-state index contributed by atoms with van der Waals surface area (Å²) >= 11 is 0. The minimum absolute atomic E-state index is 0.810. The fourth-order valence-corrected chi connectivity index (χ4v) is 2.42. The van der Waals surface area contributed by atoms with Gasteiger partial charge in [-0.15, -0.1) is 0 Å². The number of hydrogen-bond donors (Lipinski definition) is 1. The molecule has 96 valence electrons. The minimum Gasteiger partial charge on any atom is -0.465 e. The molecule has 0 aliphatic heterocycles. The van der Waals surface area contributed by atoms with Crippen LogP contribution < -0.4 is 5.32 Å². The molecule has 1 fully saturated rings. The van der Waals surface area contributed by atoms with E-state index in [0.29, 0.717) is 0 Å². The lowest BCUT2D eigenvalue weighted by Crippen LogP contribution is -2.21. The zero-order valence-electron chi connectivity index (χ0n) is 11.4. The van der Waals surface area contributed by atoms with Crippen molar-refractivity contribution in [1.29, 1.82) is 0 Å². The van der Waals surface area contributed by atoms with Crippen LogP contribution in [0.5, 0.6) is 0 Å². The second kappa shape index (κ2) is 5.23. The third kappa shape index (κ3) is 3.33. The summed E-state index contributed by atoms with van der Waals surface area (Å²) in [6.45, 7) is 7.42. The number of nitrogens with one attached hydrogen (secondary N) is 1. The molecule has 0 spiro atoms. The molecule has 1 aliphatic carbocycles. The Kier molecular flexibility index (Phi) is 3.89. The van der Waals surface area contributed by atoms with Gasteiger partial charge in [0.05, 0.1) is 6.54 Å². The maximum atomic E-state index is 5.71. The van der Waals surface area contributed by atoms with Crippen LogP contribution in [-0.4, -0.2) is 25.5 Å². The quantitative estimate of drug-likeness (QED) is 0.822. The monoisotopic (exact) mass is 236 g/mol. The van der Waals surface area contributed by atoms with Gasteiger partial charge < -0.3 is 14.6 Å². The molecule has 3 nitrogen and oxygen atoms in total. The van der Waals surface area contributed by atoms with Gasteiger partial charge >= 0.3 is 0 Å². The lowest BCUT2D eigenvalue weighted by molar-refractivity contribution is 0.305. The van der Waals surface area contributed by atoms with E-state index in [2.05, 4.69) is 37.2 Å². The van der Waals surface area contributed by atoms with E-state index in [0.717, 1.165) is 36.4 Å². The molecule has 0 aromatic carbocycles. The highest BCUT2D eigenvalue weighted by Crippen LogP contribution is 2.38. The summed E-state index contributed by atoms with van der Waals surface area (Å²) in [5.74, 6) is 3.95. The normalized spacial score (nSPS) is 23.4. The predicted molar refractivity (Wildman–Crippen MR) is 69.8 cm³/mol. The molecule has 2 rings (SSSR count). The van der Waals surface area contributed by atoms with Gasteiger partial charge in [-0.25, -0.2) is 0 Å². The molecular weight excluding hydrogens is 212 g/mol. The molecule has 1 aliphatic rings. The van der Waals surface area contributed by atoms with Crippen LogP contribution >= 0.6 is 0 Å². The second-order valence-electron chi connectivity index (χ2n) is 5.49. The maximum absolute atomic E-state index is 5.71. The Morgan fingerprint density at radius 3 is 2.82 bits per heavy atom. The molecular formula is C14H24N2O. The largest absolute Gasteiger partial charge is 0.465 e. The number of nitrogens with zero attached hydrogens (tertiary/aromatic N) is 1. The lowest BCUT2D eigenvalue weighted by atomic mass is 10.2. The third-order valence-electron chi connectivity index (χ3n) is 3.69. The zero-order valence-corrected chi connectivity index (χ0v) is 11.4. The van der Waals surface area contributed by atoms with Gasteiger partial charge in [0, 0.05) is 18.7 Å². The van der Waals surface area contributed by atoms with Crippen molar-refractivity contribution in [3.63, 3.8) is 0 Å². The highest BCUT2D eigenvalue weighted by molar-refractivity contribution is 5.20. The van der Waals surface area contributed by atoms with Crippen LogP contribution in [0.3, 0.4) is 0 Å². The first-order valence-corrected chi connectivity index (χ1v) is 6.51. The molecule has 2 atom stereocenters. The maximum Gasteiger partial charge on any atom is 0.118 e. The molecule has 2 unspecified atom stereocenters. The Labute approximate surface area is 104 Å². The van der Waals surface area contributed by atoms with Crippen molar-refractivity contribution in [2.24, 2.45) is 11.8 Å². The first-order valence-electron chi connectivity index (χ1n) is 6.51. The summed E-state index contributed by atoms with van der Waals surface area (Å²) in [7, 11) is 4.15. The van der Waals surface area contributed by atoms with E-state index in [1.54, 1.807) is 0 Å². The topological polar surface area (TPSA) is 28.4 Å². The Morgan fingerprint density at radius 1 is 1.53 bits per heavy atom. The lowest BCUT2D eigenvalue weighted by Gasteiger charge is -2.15. The fourth-order valence-electron chi connectivity index (χ4n) is 2.42. The van der Waals surface area contributed by atoms with Crippen molar-refractivity contribution >= 4 is 0 Å². The number of furan rings is 1. The van der Waals surface area contributed by atoms with Crippen LogP contribution in [0.15, 0.2) is 10.5 Å². The van der Waals surface area contributed by atoms with Crippen LogP contribution in [0.25, 0.3) is 0 Å². The molecule has 0 bridgehead atoms. The van der Waals surface area contributed by atoms with Crippen molar-refractivity contribution in [3.8, 4) is 0 Å².